The fourth-order valence-electron chi connectivity index (χ4n) is 1.02. The van der Waals surface area contributed by atoms with Crippen molar-refractivity contribution >= 4 is 17.3 Å². The smallest absolute Gasteiger partial charge is 0.258 e. The number of hydrogen-bond acceptors (Lipinski definition) is 3. The summed E-state index contributed by atoms with van der Waals surface area (Å²) >= 11 is 5.93. The molecule has 0 spiro atoms. The van der Waals surface area contributed by atoms with E-state index in [2.05, 4.69) is 4.98 Å². The molecule has 1 aromatic rings. The predicted octanol–water partition coefficient (Wildman–Crippen LogP) is 2.55. The molecule has 14 heavy (non-hydrogen) atoms. The van der Waals surface area contributed by atoms with E-state index in [4.69, 9.17) is 11.6 Å². The Morgan fingerprint density at radius 1 is 1.64 bits per heavy atom. The molecule has 0 saturated heterocycles. The number of nitrogens with zero attached hydrogens (tertiary/aromatic N) is 2. The van der Waals surface area contributed by atoms with Crippen LogP contribution in [0.1, 0.15) is 19.0 Å². The Hall–Kier alpha value is -1.16. The minimum atomic E-state index is -0.464. The lowest BCUT2D eigenvalue weighted by atomic mass is 10.2. The quantitative estimate of drug-likeness (QED) is 0.440. The molecule has 1 atom stereocenters. The van der Waals surface area contributed by atoms with Gasteiger partial charge in [0.25, 0.3) is 5.69 Å². The number of alkyl halides is 1. The molecule has 0 aliphatic rings. The van der Waals surface area contributed by atoms with Crippen LogP contribution in [0.2, 0.25) is 0 Å². The summed E-state index contributed by atoms with van der Waals surface area (Å²) < 4.78 is 0. The van der Waals surface area contributed by atoms with Crippen molar-refractivity contribution in [2.45, 2.75) is 25.1 Å². The van der Waals surface area contributed by atoms with Gasteiger partial charge in [-0.3, -0.25) is 15.1 Å². The third kappa shape index (κ3) is 2.96. The summed E-state index contributed by atoms with van der Waals surface area (Å²) in [6, 6.07) is 3.09. The molecule has 1 unspecified atom stereocenters. The summed E-state index contributed by atoms with van der Waals surface area (Å²) in [6.07, 6.45) is 2.77. The standard InChI is InChI=1S/C9H11ClN2O2/c1-2-7(10)5-8-3-4-9(6-11-8)12(13)14/h3-4,6-7H,2,5H2,1H3. The van der Waals surface area contributed by atoms with E-state index in [0.717, 1.165) is 12.1 Å². The summed E-state index contributed by atoms with van der Waals surface area (Å²) in [7, 11) is 0. The van der Waals surface area contributed by atoms with Crippen molar-refractivity contribution in [3.05, 3.63) is 34.1 Å². The van der Waals surface area contributed by atoms with Crippen molar-refractivity contribution in [2.24, 2.45) is 0 Å². The Morgan fingerprint density at radius 3 is 2.79 bits per heavy atom. The maximum Gasteiger partial charge on any atom is 0.287 e. The summed E-state index contributed by atoms with van der Waals surface area (Å²) in [5.74, 6) is 0. The highest BCUT2D eigenvalue weighted by atomic mass is 35.5. The van der Waals surface area contributed by atoms with Gasteiger partial charge in [0.2, 0.25) is 0 Å². The lowest BCUT2D eigenvalue weighted by Crippen LogP contribution is -2.03. The zero-order valence-electron chi connectivity index (χ0n) is 7.81. The first-order valence-electron chi connectivity index (χ1n) is 4.37. The fraction of sp³-hybridized carbons (Fsp3) is 0.444. The Labute approximate surface area is 87.1 Å². The van der Waals surface area contributed by atoms with Gasteiger partial charge in [-0.2, -0.15) is 0 Å². The molecular formula is C9H11ClN2O2. The van der Waals surface area contributed by atoms with Gasteiger partial charge in [-0.15, -0.1) is 11.6 Å². The van der Waals surface area contributed by atoms with E-state index in [-0.39, 0.29) is 11.1 Å². The second-order valence-corrected chi connectivity index (χ2v) is 3.59. The maximum absolute atomic E-state index is 10.3. The molecule has 0 fully saturated rings. The first-order valence-corrected chi connectivity index (χ1v) is 4.80. The van der Waals surface area contributed by atoms with Gasteiger partial charge in [0.05, 0.1) is 4.92 Å². The molecule has 1 rings (SSSR count). The van der Waals surface area contributed by atoms with Crippen LogP contribution < -0.4 is 0 Å². The molecule has 5 heteroatoms. The SMILES string of the molecule is CCC(Cl)Cc1ccc([N+](=O)[O-])cn1. The molecule has 1 heterocycles. The summed E-state index contributed by atoms with van der Waals surface area (Å²) in [4.78, 5) is 13.8. The van der Waals surface area contributed by atoms with E-state index in [1.807, 2.05) is 6.92 Å². The van der Waals surface area contributed by atoms with E-state index >= 15 is 0 Å². The molecule has 0 bridgehead atoms. The van der Waals surface area contributed by atoms with Crippen LogP contribution in [-0.4, -0.2) is 15.3 Å². The van der Waals surface area contributed by atoms with Crippen LogP contribution in [0.4, 0.5) is 5.69 Å². The molecule has 0 saturated carbocycles. The van der Waals surface area contributed by atoms with Gasteiger partial charge in [-0.25, -0.2) is 0 Å². The average molecular weight is 215 g/mol. The molecule has 0 aliphatic heterocycles. The molecule has 76 valence electrons. The van der Waals surface area contributed by atoms with E-state index < -0.39 is 4.92 Å². The molecule has 0 amide bonds. The molecule has 4 nitrogen and oxygen atoms in total. The number of hydrogen-bond donors (Lipinski definition) is 0. The van der Waals surface area contributed by atoms with Gasteiger partial charge in [0.1, 0.15) is 6.20 Å². The zero-order chi connectivity index (χ0) is 10.6. The van der Waals surface area contributed by atoms with Crippen molar-refractivity contribution in [2.75, 3.05) is 0 Å². The Kier molecular flexibility index (Phi) is 3.83. The molecular weight excluding hydrogens is 204 g/mol. The van der Waals surface area contributed by atoms with Gasteiger partial charge in [0.15, 0.2) is 0 Å². The van der Waals surface area contributed by atoms with Crippen LogP contribution in [0.15, 0.2) is 18.3 Å². The first kappa shape index (κ1) is 10.9. The number of halogens is 1. The van der Waals surface area contributed by atoms with Gasteiger partial charge < -0.3 is 0 Å². The molecule has 0 N–H and O–H groups in total. The zero-order valence-corrected chi connectivity index (χ0v) is 8.57. The van der Waals surface area contributed by atoms with E-state index in [9.17, 15) is 10.1 Å². The van der Waals surface area contributed by atoms with Crippen molar-refractivity contribution in [3.8, 4) is 0 Å². The monoisotopic (exact) mass is 214 g/mol. The van der Waals surface area contributed by atoms with Crippen LogP contribution in [0.25, 0.3) is 0 Å². The second-order valence-electron chi connectivity index (χ2n) is 2.97. The lowest BCUT2D eigenvalue weighted by molar-refractivity contribution is -0.385. The normalized spacial score (nSPS) is 12.4. The predicted molar refractivity (Wildman–Crippen MR) is 54.5 cm³/mol. The Morgan fingerprint density at radius 2 is 2.36 bits per heavy atom. The Balaban J connectivity index is 2.68. The first-order chi connectivity index (χ1) is 6.63. The second kappa shape index (κ2) is 4.91. The van der Waals surface area contributed by atoms with Crippen molar-refractivity contribution < 1.29 is 4.92 Å². The summed E-state index contributed by atoms with van der Waals surface area (Å²) in [5, 5.41) is 10.4. The maximum atomic E-state index is 10.3. The van der Waals surface area contributed by atoms with E-state index in [1.165, 1.54) is 12.3 Å². The van der Waals surface area contributed by atoms with Gasteiger partial charge >= 0.3 is 0 Å². The fourth-order valence-corrected chi connectivity index (χ4v) is 1.17. The highest BCUT2D eigenvalue weighted by Gasteiger charge is 2.07. The molecule has 0 radical (unpaired) electrons. The minimum Gasteiger partial charge on any atom is -0.258 e. The number of rotatable bonds is 4. The number of aromatic nitrogens is 1. The van der Waals surface area contributed by atoms with Gasteiger partial charge in [-0.05, 0) is 12.5 Å². The highest BCUT2D eigenvalue weighted by molar-refractivity contribution is 6.20. The molecule has 1 aromatic heterocycles. The number of pyridine rings is 1. The van der Waals surface area contributed by atoms with E-state index in [1.54, 1.807) is 6.07 Å². The van der Waals surface area contributed by atoms with Crippen molar-refractivity contribution in [1.82, 2.24) is 4.98 Å². The van der Waals surface area contributed by atoms with Crippen LogP contribution in [0.5, 0.6) is 0 Å². The van der Waals surface area contributed by atoms with Crippen molar-refractivity contribution in [3.63, 3.8) is 0 Å². The topological polar surface area (TPSA) is 56.0 Å². The van der Waals surface area contributed by atoms with Gasteiger partial charge in [-0.1, -0.05) is 6.92 Å². The summed E-state index contributed by atoms with van der Waals surface area (Å²) in [6.45, 7) is 1.99. The third-order valence-electron chi connectivity index (χ3n) is 1.89. The largest absolute Gasteiger partial charge is 0.287 e. The van der Waals surface area contributed by atoms with Crippen LogP contribution >= 0.6 is 11.6 Å². The third-order valence-corrected chi connectivity index (χ3v) is 2.36. The molecule has 0 aliphatic carbocycles. The average Bonchev–Trinajstić information content (AvgIpc) is 2.18. The number of nitro groups is 1. The lowest BCUT2D eigenvalue weighted by Gasteiger charge is -2.04. The summed E-state index contributed by atoms with van der Waals surface area (Å²) in [5.41, 5.74) is 0.800. The highest BCUT2D eigenvalue weighted by Crippen LogP contribution is 2.13. The van der Waals surface area contributed by atoms with Crippen LogP contribution in [0, 0.1) is 10.1 Å². The Bertz CT molecular complexity index is 313. The van der Waals surface area contributed by atoms with Crippen molar-refractivity contribution in [1.29, 1.82) is 0 Å². The van der Waals surface area contributed by atoms with E-state index in [0.29, 0.717) is 6.42 Å². The van der Waals surface area contributed by atoms with Crippen LogP contribution in [0.3, 0.4) is 0 Å². The minimum absolute atomic E-state index is 0.0105. The van der Waals surface area contributed by atoms with Crippen LogP contribution in [-0.2, 0) is 6.42 Å². The van der Waals surface area contributed by atoms with Gasteiger partial charge in [0, 0.05) is 23.6 Å². The molecule has 0 aromatic carbocycles.